The van der Waals surface area contributed by atoms with Crippen LogP contribution in [0.4, 0.5) is 4.39 Å². The van der Waals surface area contributed by atoms with Gasteiger partial charge in [0.25, 0.3) is 5.91 Å². The molecule has 0 unspecified atom stereocenters. The standard InChI is InChI=1S/C14H14FN3O/c15-11-3-5-12(6-4-11)18-10-7-13(16-18)14(19)17-8-1-2-9-17/h3-7,10H,1-2,8-9H2. The van der Waals surface area contributed by atoms with Gasteiger partial charge in [-0.25, -0.2) is 9.07 Å². The van der Waals surface area contributed by atoms with Gasteiger partial charge in [0.1, 0.15) is 5.82 Å². The van der Waals surface area contributed by atoms with Crippen LogP contribution in [-0.4, -0.2) is 33.7 Å². The van der Waals surface area contributed by atoms with Gasteiger partial charge in [0.05, 0.1) is 5.69 Å². The molecule has 1 saturated heterocycles. The molecule has 0 aliphatic carbocycles. The number of hydrogen-bond donors (Lipinski definition) is 0. The fraction of sp³-hybridized carbons (Fsp3) is 0.286. The summed E-state index contributed by atoms with van der Waals surface area (Å²) in [5.41, 5.74) is 1.17. The zero-order valence-electron chi connectivity index (χ0n) is 10.4. The first-order valence-electron chi connectivity index (χ1n) is 6.35. The Morgan fingerprint density at radius 2 is 1.79 bits per heavy atom. The highest BCUT2D eigenvalue weighted by Gasteiger charge is 2.21. The molecule has 0 saturated carbocycles. The lowest BCUT2D eigenvalue weighted by atomic mass is 10.3. The van der Waals surface area contributed by atoms with E-state index in [9.17, 15) is 9.18 Å². The molecule has 1 fully saturated rings. The number of nitrogens with zero attached hydrogens (tertiary/aromatic N) is 3. The molecule has 4 nitrogen and oxygen atoms in total. The summed E-state index contributed by atoms with van der Waals surface area (Å²) in [5, 5.41) is 4.26. The summed E-state index contributed by atoms with van der Waals surface area (Å²) in [6.07, 6.45) is 3.84. The van der Waals surface area contributed by atoms with Gasteiger partial charge in [-0.05, 0) is 43.2 Å². The molecule has 1 aromatic heterocycles. The largest absolute Gasteiger partial charge is 0.337 e. The maximum atomic E-state index is 12.8. The Labute approximate surface area is 110 Å². The van der Waals surface area contributed by atoms with E-state index in [2.05, 4.69) is 5.10 Å². The molecule has 1 aliphatic heterocycles. The molecule has 0 radical (unpaired) electrons. The number of halogens is 1. The summed E-state index contributed by atoms with van der Waals surface area (Å²) in [4.78, 5) is 14.0. The van der Waals surface area contributed by atoms with Gasteiger partial charge in [-0.2, -0.15) is 5.10 Å². The summed E-state index contributed by atoms with van der Waals surface area (Å²) in [6, 6.07) is 7.71. The lowest BCUT2D eigenvalue weighted by Crippen LogP contribution is -2.28. The molecule has 98 valence electrons. The van der Waals surface area contributed by atoms with Crippen molar-refractivity contribution < 1.29 is 9.18 Å². The van der Waals surface area contributed by atoms with E-state index in [0.29, 0.717) is 5.69 Å². The molecule has 1 aliphatic rings. The summed E-state index contributed by atoms with van der Waals surface area (Å²) >= 11 is 0. The van der Waals surface area contributed by atoms with Crippen molar-refractivity contribution >= 4 is 5.91 Å². The maximum Gasteiger partial charge on any atom is 0.274 e. The molecule has 0 atom stereocenters. The van der Waals surface area contributed by atoms with Crippen LogP contribution in [0.3, 0.4) is 0 Å². The first-order chi connectivity index (χ1) is 9.24. The van der Waals surface area contributed by atoms with Crippen LogP contribution < -0.4 is 0 Å². The van der Waals surface area contributed by atoms with Crippen LogP contribution in [0.2, 0.25) is 0 Å². The Balaban J connectivity index is 1.82. The van der Waals surface area contributed by atoms with E-state index in [1.165, 1.54) is 12.1 Å². The molecular formula is C14H14FN3O. The number of benzene rings is 1. The molecular weight excluding hydrogens is 245 g/mol. The average molecular weight is 259 g/mol. The third-order valence-corrected chi connectivity index (χ3v) is 3.29. The van der Waals surface area contributed by atoms with Crippen molar-refractivity contribution in [2.75, 3.05) is 13.1 Å². The minimum Gasteiger partial charge on any atom is -0.337 e. The van der Waals surface area contributed by atoms with E-state index in [0.717, 1.165) is 31.6 Å². The van der Waals surface area contributed by atoms with Gasteiger partial charge in [0.15, 0.2) is 5.69 Å². The van der Waals surface area contributed by atoms with Crippen LogP contribution >= 0.6 is 0 Å². The van der Waals surface area contributed by atoms with Gasteiger partial charge in [-0.3, -0.25) is 4.79 Å². The van der Waals surface area contributed by atoms with Gasteiger partial charge in [-0.15, -0.1) is 0 Å². The van der Waals surface area contributed by atoms with E-state index in [-0.39, 0.29) is 11.7 Å². The molecule has 5 heteroatoms. The lowest BCUT2D eigenvalue weighted by Gasteiger charge is -2.12. The predicted molar refractivity (Wildman–Crippen MR) is 68.7 cm³/mol. The molecule has 0 spiro atoms. The first-order valence-corrected chi connectivity index (χ1v) is 6.35. The fourth-order valence-electron chi connectivity index (χ4n) is 2.26. The molecule has 1 aromatic carbocycles. The van der Waals surface area contributed by atoms with Gasteiger partial charge in [0.2, 0.25) is 0 Å². The second-order valence-corrected chi connectivity index (χ2v) is 4.62. The van der Waals surface area contributed by atoms with Crippen molar-refractivity contribution in [2.24, 2.45) is 0 Å². The highest BCUT2D eigenvalue weighted by molar-refractivity contribution is 5.92. The Bertz CT molecular complexity index is 585. The normalized spacial score (nSPS) is 14.9. The quantitative estimate of drug-likeness (QED) is 0.829. The molecule has 2 aromatic rings. The summed E-state index contributed by atoms with van der Waals surface area (Å²) in [5.74, 6) is -0.317. The summed E-state index contributed by atoms with van der Waals surface area (Å²) in [7, 11) is 0. The summed E-state index contributed by atoms with van der Waals surface area (Å²) < 4.78 is 14.4. The monoisotopic (exact) mass is 259 g/mol. The highest BCUT2D eigenvalue weighted by Crippen LogP contribution is 2.13. The van der Waals surface area contributed by atoms with Crippen molar-refractivity contribution in [3.05, 3.63) is 48.0 Å². The van der Waals surface area contributed by atoms with Crippen LogP contribution in [0.15, 0.2) is 36.5 Å². The fourth-order valence-corrected chi connectivity index (χ4v) is 2.26. The molecule has 0 bridgehead atoms. The van der Waals surface area contributed by atoms with Crippen molar-refractivity contribution in [1.29, 1.82) is 0 Å². The van der Waals surface area contributed by atoms with E-state index in [4.69, 9.17) is 0 Å². The number of hydrogen-bond acceptors (Lipinski definition) is 2. The second kappa shape index (κ2) is 4.84. The van der Waals surface area contributed by atoms with E-state index in [1.807, 2.05) is 4.90 Å². The zero-order valence-corrected chi connectivity index (χ0v) is 10.4. The lowest BCUT2D eigenvalue weighted by molar-refractivity contribution is 0.0786. The smallest absolute Gasteiger partial charge is 0.274 e. The average Bonchev–Trinajstić information content (AvgIpc) is 3.10. The Morgan fingerprint density at radius 3 is 2.47 bits per heavy atom. The summed E-state index contributed by atoms with van der Waals surface area (Å²) in [6.45, 7) is 1.62. The van der Waals surface area contributed by atoms with Gasteiger partial charge in [0, 0.05) is 19.3 Å². The van der Waals surface area contributed by atoms with Crippen molar-refractivity contribution in [3.63, 3.8) is 0 Å². The van der Waals surface area contributed by atoms with E-state index in [1.54, 1.807) is 29.1 Å². The van der Waals surface area contributed by atoms with Crippen LogP contribution in [0.25, 0.3) is 5.69 Å². The highest BCUT2D eigenvalue weighted by atomic mass is 19.1. The third-order valence-electron chi connectivity index (χ3n) is 3.29. The zero-order chi connectivity index (χ0) is 13.2. The minimum atomic E-state index is -0.288. The van der Waals surface area contributed by atoms with Crippen LogP contribution in [0.5, 0.6) is 0 Å². The number of carbonyl (C=O) groups excluding carboxylic acids is 1. The Kier molecular flexibility index (Phi) is 3.03. The van der Waals surface area contributed by atoms with Gasteiger partial charge >= 0.3 is 0 Å². The molecule has 0 N–H and O–H groups in total. The number of carbonyl (C=O) groups is 1. The molecule has 2 heterocycles. The number of aromatic nitrogens is 2. The Morgan fingerprint density at radius 1 is 1.11 bits per heavy atom. The van der Waals surface area contributed by atoms with Crippen molar-refractivity contribution in [2.45, 2.75) is 12.8 Å². The number of likely N-dealkylation sites (tertiary alicyclic amines) is 1. The topological polar surface area (TPSA) is 38.1 Å². The van der Waals surface area contributed by atoms with Crippen LogP contribution in [0.1, 0.15) is 23.3 Å². The van der Waals surface area contributed by atoms with Gasteiger partial charge < -0.3 is 4.90 Å². The molecule has 19 heavy (non-hydrogen) atoms. The molecule has 1 amide bonds. The van der Waals surface area contributed by atoms with Gasteiger partial charge in [-0.1, -0.05) is 0 Å². The third kappa shape index (κ3) is 2.36. The number of amides is 1. The van der Waals surface area contributed by atoms with E-state index >= 15 is 0 Å². The van der Waals surface area contributed by atoms with Crippen molar-refractivity contribution in [3.8, 4) is 5.69 Å². The Hall–Kier alpha value is -2.17. The first kappa shape index (κ1) is 11.9. The van der Waals surface area contributed by atoms with E-state index < -0.39 is 0 Å². The maximum absolute atomic E-state index is 12.8. The predicted octanol–water partition coefficient (Wildman–Crippen LogP) is 2.25. The number of rotatable bonds is 2. The van der Waals surface area contributed by atoms with Crippen molar-refractivity contribution in [1.82, 2.24) is 14.7 Å². The minimum absolute atomic E-state index is 0.0293. The molecule has 3 rings (SSSR count). The second-order valence-electron chi connectivity index (χ2n) is 4.62. The SMILES string of the molecule is O=C(c1ccn(-c2ccc(F)cc2)n1)N1CCCC1. The van der Waals surface area contributed by atoms with Crippen LogP contribution in [-0.2, 0) is 0 Å². The van der Waals surface area contributed by atoms with Crippen LogP contribution in [0, 0.1) is 5.82 Å².